The molecule has 0 atom stereocenters. The normalized spacial score (nSPS) is 12.7. The Morgan fingerprint density at radius 3 is 2.30 bits per heavy atom. The number of sulfonamides is 1. The first-order chi connectivity index (χ1) is 9.15. The Morgan fingerprint density at radius 1 is 1.30 bits per heavy atom. The molecule has 0 heterocycles. The third-order valence-corrected chi connectivity index (χ3v) is 5.62. The first-order valence-corrected chi connectivity index (χ1v) is 8.36. The Labute approximate surface area is 125 Å². The highest BCUT2D eigenvalue weighted by Gasteiger charge is 2.27. The Bertz CT molecular complexity index is 566. The van der Waals surface area contributed by atoms with Crippen LogP contribution in [0.5, 0.6) is 0 Å². The zero-order chi connectivity index (χ0) is 15.6. The van der Waals surface area contributed by atoms with Gasteiger partial charge in [-0.1, -0.05) is 13.8 Å². The SMILES string of the molecule is CCC(N)(CC)CNS(=O)(=O)c1c(F)cc(F)cc1Br. The second kappa shape index (κ2) is 6.46. The maximum absolute atomic E-state index is 13.7. The molecule has 1 aromatic carbocycles. The number of nitrogens with two attached hydrogens (primary N) is 1. The standard InChI is InChI=1S/C12H17BrF2N2O2S/c1-3-12(16,4-2)7-17-20(18,19)11-9(13)5-8(14)6-10(11)15/h5-6,17H,3-4,7,16H2,1-2H3. The van der Waals surface area contributed by atoms with Gasteiger partial charge in [0.15, 0.2) is 0 Å². The summed E-state index contributed by atoms with van der Waals surface area (Å²) in [4.78, 5) is -0.617. The van der Waals surface area contributed by atoms with Crippen molar-refractivity contribution in [3.05, 3.63) is 28.2 Å². The van der Waals surface area contributed by atoms with Crippen molar-refractivity contribution in [3.63, 3.8) is 0 Å². The highest BCUT2D eigenvalue weighted by atomic mass is 79.9. The van der Waals surface area contributed by atoms with Crippen molar-refractivity contribution < 1.29 is 17.2 Å². The summed E-state index contributed by atoms with van der Waals surface area (Å²) in [6.45, 7) is 3.66. The van der Waals surface area contributed by atoms with Gasteiger partial charge in [0.2, 0.25) is 10.0 Å². The smallest absolute Gasteiger partial charge is 0.244 e. The molecule has 0 saturated carbocycles. The molecule has 0 amide bonds. The van der Waals surface area contributed by atoms with Crippen molar-refractivity contribution in [2.75, 3.05) is 6.54 Å². The summed E-state index contributed by atoms with van der Waals surface area (Å²) in [6.07, 6.45) is 1.14. The van der Waals surface area contributed by atoms with Gasteiger partial charge in [-0.2, -0.15) is 0 Å². The van der Waals surface area contributed by atoms with E-state index in [0.29, 0.717) is 18.9 Å². The lowest BCUT2D eigenvalue weighted by Gasteiger charge is -2.26. The van der Waals surface area contributed by atoms with E-state index in [1.54, 1.807) is 0 Å². The Morgan fingerprint density at radius 2 is 1.85 bits per heavy atom. The number of halogens is 3. The summed E-state index contributed by atoms with van der Waals surface area (Å²) in [5.74, 6) is -2.01. The number of nitrogens with one attached hydrogen (secondary N) is 1. The molecule has 0 radical (unpaired) electrons. The average Bonchev–Trinajstić information content (AvgIpc) is 2.34. The van der Waals surface area contributed by atoms with E-state index < -0.39 is 32.1 Å². The van der Waals surface area contributed by atoms with Crippen molar-refractivity contribution >= 4 is 26.0 Å². The van der Waals surface area contributed by atoms with Crippen LogP contribution in [-0.4, -0.2) is 20.5 Å². The number of hydrogen-bond acceptors (Lipinski definition) is 3. The lowest BCUT2D eigenvalue weighted by atomic mass is 9.95. The van der Waals surface area contributed by atoms with Crippen LogP contribution in [0.4, 0.5) is 8.78 Å². The number of rotatable bonds is 6. The Balaban J connectivity index is 3.07. The quantitative estimate of drug-likeness (QED) is 0.807. The molecule has 20 heavy (non-hydrogen) atoms. The number of hydrogen-bond donors (Lipinski definition) is 2. The molecular formula is C12H17BrF2N2O2S. The van der Waals surface area contributed by atoms with E-state index in [2.05, 4.69) is 20.7 Å². The van der Waals surface area contributed by atoms with Crippen LogP contribution in [0.1, 0.15) is 26.7 Å². The molecule has 4 nitrogen and oxygen atoms in total. The van der Waals surface area contributed by atoms with Crippen molar-refractivity contribution in [2.45, 2.75) is 37.1 Å². The van der Waals surface area contributed by atoms with Crippen LogP contribution in [0, 0.1) is 11.6 Å². The summed E-state index contributed by atoms with van der Waals surface area (Å²) in [5.41, 5.74) is 5.29. The van der Waals surface area contributed by atoms with Crippen LogP contribution in [0.3, 0.4) is 0 Å². The lowest BCUT2D eigenvalue weighted by Crippen LogP contribution is -2.49. The molecule has 0 aliphatic rings. The maximum Gasteiger partial charge on any atom is 0.244 e. The topological polar surface area (TPSA) is 72.2 Å². The predicted molar refractivity (Wildman–Crippen MR) is 76.7 cm³/mol. The highest BCUT2D eigenvalue weighted by Crippen LogP contribution is 2.26. The van der Waals surface area contributed by atoms with Gasteiger partial charge in [0.1, 0.15) is 16.5 Å². The molecule has 0 unspecified atom stereocenters. The van der Waals surface area contributed by atoms with Crippen LogP contribution in [0.2, 0.25) is 0 Å². The maximum atomic E-state index is 13.7. The number of benzene rings is 1. The van der Waals surface area contributed by atoms with Gasteiger partial charge in [-0.3, -0.25) is 0 Å². The van der Waals surface area contributed by atoms with Crippen LogP contribution in [0.25, 0.3) is 0 Å². The molecule has 3 N–H and O–H groups in total. The second-order valence-electron chi connectivity index (χ2n) is 4.59. The van der Waals surface area contributed by atoms with Crippen LogP contribution < -0.4 is 10.5 Å². The van der Waals surface area contributed by atoms with E-state index in [-0.39, 0.29) is 11.0 Å². The third kappa shape index (κ3) is 3.97. The monoisotopic (exact) mass is 370 g/mol. The van der Waals surface area contributed by atoms with E-state index in [9.17, 15) is 17.2 Å². The van der Waals surface area contributed by atoms with E-state index in [1.165, 1.54) is 0 Å². The average molecular weight is 371 g/mol. The molecule has 0 bridgehead atoms. The molecule has 8 heteroatoms. The van der Waals surface area contributed by atoms with E-state index in [0.717, 1.165) is 6.07 Å². The van der Waals surface area contributed by atoms with E-state index in [1.807, 2.05) is 13.8 Å². The fraction of sp³-hybridized carbons (Fsp3) is 0.500. The third-order valence-electron chi connectivity index (χ3n) is 3.25. The van der Waals surface area contributed by atoms with Crippen LogP contribution in [-0.2, 0) is 10.0 Å². The summed E-state index contributed by atoms with van der Waals surface area (Å²) in [6, 6.07) is 1.42. The summed E-state index contributed by atoms with van der Waals surface area (Å²) >= 11 is 2.86. The summed E-state index contributed by atoms with van der Waals surface area (Å²) < 4.78 is 53.0. The fourth-order valence-electron chi connectivity index (χ4n) is 1.60. The van der Waals surface area contributed by atoms with Gasteiger partial charge >= 0.3 is 0 Å². The largest absolute Gasteiger partial charge is 0.324 e. The van der Waals surface area contributed by atoms with Crippen molar-refractivity contribution in [3.8, 4) is 0 Å². The zero-order valence-corrected chi connectivity index (χ0v) is 13.6. The van der Waals surface area contributed by atoms with E-state index >= 15 is 0 Å². The summed E-state index contributed by atoms with van der Waals surface area (Å²) in [5, 5.41) is 0. The predicted octanol–water partition coefficient (Wildman–Crippen LogP) is 2.52. The molecule has 0 aliphatic carbocycles. The second-order valence-corrected chi connectivity index (χ2v) is 7.15. The molecule has 1 aromatic rings. The van der Waals surface area contributed by atoms with Crippen molar-refractivity contribution in [1.82, 2.24) is 4.72 Å². The first-order valence-electron chi connectivity index (χ1n) is 6.08. The molecule has 0 aliphatic heterocycles. The molecule has 0 spiro atoms. The fourth-order valence-corrected chi connectivity index (χ4v) is 3.90. The Hall–Kier alpha value is -0.570. The first kappa shape index (κ1) is 17.5. The molecule has 0 fully saturated rings. The molecule has 1 rings (SSSR count). The van der Waals surface area contributed by atoms with Crippen molar-refractivity contribution in [2.24, 2.45) is 5.73 Å². The summed E-state index contributed by atoms with van der Waals surface area (Å²) in [7, 11) is -4.11. The minimum Gasteiger partial charge on any atom is -0.324 e. The van der Waals surface area contributed by atoms with Gasteiger partial charge in [-0.05, 0) is 34.8 Å². The van der Waals surface area contributed by atoms with Gasteiger partial charge < -0.3 is 5.73 Å². The molecule has 114 valence electrons. The van der Waals surface area contributed by atoms with Gasteiger partial charge in [0.05, 0.1) is 0 Å². The van der Waals surface area contributed by atoms with Crippen LogP contribution >= 0.6 is 15.9 Å². The van der Waals surface area contributed by atoms with Gasteiger partial charge in [0, 0.05) is 22.6 Å². The molecular weight excluding hydrogens is 354 g/mol. The van der Waals surface area contributed by atoms with E-state index in [4.69, 9.17) is 5.73 Å². The minimum atomic E-state index is -4.11. The minimum absolute atomic E-state index is 0.0222. The van der Waals surface area contributed by atoms with Gasteiger partial charge in [-0.25, -0.2) is 21.9 Å². The Kier molecular flexibility index (Phi) is 5.65. The lowest BCUT2D eigenvalue weighted by molar-refractivity contribution is 0.391. The van der Waals surface area contributed by atoms with Gasteiger partial charge in [-0.15, -0.1) is 0 Å². The molecule has 0 aromatic heterocycles. The zero-order valence-electron chi connectivity index (χ0n) is 11.2. The van der Waals surface area contributed by atoms with Crippen LogP contribution in [0.15, 0.2) is 21.5 Å². The van der Waals surface area contributed by atoms with Gasteiger partial charge in [0.25, 0.3) is 0 Å². The van der Waals surface area contributed by atoms with Crippen molar-refractivity contribution in [1.29, 1.82) is 0 Å². The highest BCUT2D eigenvalue weighted by molar-refractivity contribution is 9.10. The molecule has 0 saturated heterocycles.